The van der Waals surface area contributed by atoms with Crippen LogP contribution in [0.25, 0.3) is 0 Å². The molecule has 1 aliphatic heterocycles. The van der Waals surface area contributed by atoms with E-state index in [1.165, 1.54) is 18.2 Å². The number of hydrogen-bond acceptors (Lipinski definition) is 4. The predicted octanol–water partition coefficient (Wildman–Crippen LogP) is 3.31. The molecule has 1 heterocycles. The Morgan fingerprint density at radius 3 is 2.48 bits per heavy atom. The number of amides is 2. The predicted molar refractivity (Wildman–Crippen MR) is 96.7 cm³/mol. The second kappa shape index (κ2) is 6.67. The number of anilines is 2. The molecule has 0 unspecified atom stereocenters. The highest BCUT2D eigenvalue weighted by Crippen LogP contribution is 2.30. The topological polar surface area (TPSA) is 83.6 Å². The molecule has 0 spiro atoms. The minimum absolute atomic E-state index is 0.0342. The van der Waals surface area contributed by atoms with Crippen LogP contribution < -0.4 is 9.62 Å². The van der Waals surface area contributed by atoms with Crippen LogP contribution in [-0.4, -0.2) is 26.0 Å². The molecule has 0 bridgehead atoms. The Labute approximate surface area is 154 Å². The van der Waals surface area contributed by atoms with Gasteiger partial charge in [0.05, 0.1) is 22.0 Å². The minimum Gasteiger partial charge on any atom is -0.322 e. The van der Waals surface area contributed by atoms with Crippen LogP contribution in [0.15, 0.2) is 42.5 Å². The zero-order valence-electron chi connectivity index (χ0n) is 12.7. The third-order valence-corrected chi connectivity index (χ3v) is 5.83. The lowest BCUT2D eigenvalue weighted by Crippen LogP contribution is -2.29. The maximum absolute atomic E-state index is 12.3. The van der Waals surface area contributed by atoms with Crippen LogP contribution in [0, 0.1) is 0 Å². The van der Waals surface area contributed by atoms with Crippen molar-refractivity contribution >= 4 is 56.4 Å². The van der Waals surface area contributed by atoms with Crippen molar-refractivity contribution in [3.8, 4) is 0 Å². The number of rotatable bonds is 3. The first kappa shape index (κ1) is 17.7. The highest BCUT2D eigenvalue weighted by Gasteiger charge is 2.36. The van der Waals surface area contributed by atoms with Gasteiger partial charge in [0.15, 0.2) is 0 Å². The molecule has 1 saturated heterocycles. The van der Waals surface area contributed by atoms with Gasteiger partial charge in [0.2, 0.25) is 15.9 Å². The first-order chi connectivity index (χ1) is 11.8. The van der Waals surface area contributed by atoms with Gasteiger partial charge in [-0.15, -0.1) is 0 Å². The van der Waals surface area contributed by atoms with E-state index in [4.69, 9.17) is 23.2 Å². The third-order valence-electron chi connectivity index (χ3n) is 3.59. The lowest BCUT2D eigenvalue weighted by atomic mass is 10.1. The average Bonchev–Trinajstić information content (AvgIpc) is 2.80. The van der Waals surface area contributed by atoms with E-state index >= 15 is 0 Å². The van der Waals surface area contributed by atoms with Crippen molar-refractivity contribution in [2.24, 2.45) is 0 Å². The summed E-state index contributed by atoms with van der Waals surface area (Å²) in [6.45, 7) is 0. The second-order valence-electron chi connectivity index (χ2n) is 5.35. The minimum atomic E-state index is -3.68. The smallest absolute Gasteiger partial charge is 0.257 e. The van der Waals surface area contributed by atoms with Crippen molar-refractivity contribution < 1.29 is 18.0 Å². The SMILES string of the molecule is O=C(Nc1cccc(Cl)c1)c1ccc(N2C(=O)CCS2(=O)=O)cc1Cl. The Bertz CT molecular complexity index is 976. The number of nitrogens with zero attached hydrogens (tertiary/aromatic N) is 1. The lowest BCUT2D eigenvalue weighted by molar-refractivity contribution is -0.116. The van der Waals surface area contributed by atoms with Crippen molar-refractivity contribution in [2.75, 3.05) is 15.4 Å². The Morgan fingerprint density at radius 1 is 1.12 bits per heavy atom. The molecule has 0 atom stereocenters. The molecule has 1 fully saturated rings. The van der Waals surface area contributed by atoms with Gasteiger partial charge in [0, 0.05) is 17.1 Å². The Balaban J connectivity index is 1.87. The molecule has 9 heteroatoms. The summed E-state index contributed by atoms with van der Waals surface area (Å²) in [5.74, 6) is -1.23. The number of nitrogens with one attached hydrogen (secondary N) is 1. The van der Waals surface area contributed by atoms with E-state index < -0.39 is 21.8 Å². The van der Waals surface area contributed by atoms with Crippen LogP contribution in [0.2, 0.25) is 10.0 Å². The van der Waals surface area contributed by atoms with Gasteiger partial charge < -0.3 is 5.32 Å². The van der Waals surface area contributed by atoms with Crippen LogP contribution in [0.3, 0.4) is 0 Å². The molecule has 0 saturated carbocycles. The number of sulfonamides is 1. The van der Waals surface area contributed by atoms with Gasteiger partial charge >= 0.3 is 0 Å². The summed E-state index contributed by atoms with van der Waals surface area (Å²) >= 11 is 12.0. The highest BCUT2D eigenvalue weighted by atomic mass is 35.5. The largest absolute Gasteiger partial charge is 0.322 e. The van der Waals surface area contributed by atoms with E-state index in [0.717, 1.165) is 4.31 Å². The summed E-state index contributed by atoms with van der Waals surface area (Å²) in [7, 11) is -3.68. The fourth-order valence-electron chi connectivity index (χ4n) is 2.45. The highest BCUT2D eigenvalue weighted by molar-refractivity contribution is 7.94. The van der Waals surface area contributed by atoms with E-state index in [0.29, 0.717) is 10.7 Å². The summed E-state index contributed by atoms with van der Waals surface area (Å²) in [4.78, 5) is 24.1. The molecule has 0 aromatic heterocycles. The summed E-state index contributed by atoms with van der Waals surface area (Å²) in [6.07, 6.45) is -0.0725. The monoisotopic (exact) mass is 398 g/mol. The molecular formula is C16H12Cl2N2O4S. The quantitative estimate of drug-likeness (QED) is 0.859. The van der Waals surface area contributed by atoms with Crippen molar-refractivity contribution in [2.45, 2.75) is 6.42 Å². The number of hydrogen-bond donors (Lipinski definition) is 1. The summed E-state index contributed by atoms with van der Waals surface area (Å²) in [5, 5.41) is 3.15. The normalized spacial score (nSPS) is 16.1. The number of carbonyl (C=O) groups excluding carboxylic acids is 2. The summed E-state index contributed by atoms with van der Waals surface area (Å²) in [5.41, 5.74) is 0.760. The zero-order valence-corrected chi connectivity index (χ0v) is 15.0. The summed E-state index contributed by atoms with van der Waals surface area (Å²) in [6, 6.07) is 10.6. The number of carbonyl (C=O) groups is 2. The fourth-order valence-corrected chi connectivity index (χ4v) is 4.35. The molecule has 2 aromatic carbocycles. The van der Waals surface area contributed by atoms with Gasteiger partial charge in [0.25, 0.3) is 5.91 Å². The van der Waals surface area contributed by atoms with Crippen LogP contribution in [0.1, 0.15) is 16.8 Å². The number of benzene rings is 2. The van der Waals surface area contributed by atoms with Gasteiger partial charge in [-0.25, -0.2) is 12.7 Å². The maximum Gasteiger partial charge on any atom is 0.257 e. The van der Waals surface area contributed by atoms with E-state index in [1.54, 1.807) is 24.3 Å². The molecule has 6 nitrogen and oxygen atoms in total. The third kappa shape index (κ3) is 3.63. The van der Waals surface area contributed by atoms with Crippen LogP contribution >= 0.6 is 23.2 Å². The molecular weight excluding hydrogens is 387 g/mol. The van der Waals surface area contributed by atoms with Crippen LogP contribution in [0.4, 0.5) is 11.4 Å². The molecule has 25 heavy (non-hydrogen) atoms. The number of halogens is 2. The average molecular weight is 399 g/mol. The van der Waals surface area contributed by atoms with E-state index in [9.17, 15) is 18.0 Å². The second-order valence-corrected chi connectivity index (χ2v) is 8.13. The fraction of sp³-hybridized carbons (Fsp3) is 0.125. The summed E-state index contributed by atoms with van der Waals surface area (Å²) < 4.78 is 24.6. The van der Waals surface area contributed by atoms with Crippen molar-refractivity contribution in [1.29, 1.82) is 0 Å². The Kier molecular flexibility index (Phi) is 4.73. The van der Waals surface area contributed by atoms with Crippen molar-refractivity contribution in [3.05, 3.63) is 58.1 Å². The van der Waals surface area contributed by atoms with E-state index in [2.05, 4.69) is 5.32 Å². The van der Waals surface area contributed by atoms with E-state index in [-0.39, 0.29) is 28.4 Å². The molecule has 3 rings (SSSR count). The maximum atomic E-state index is 12.3. The molecule has 1 N–H and O–H groups in total. The van der Waals surface area contributed by atoms with Gasteiger partial charge in [-0.1, -0.05) is 29.3 Å². The van der Waals surface area contributed by atoms with Crippen LogP contribution in [-0.2, 0) is 14.8 Å². The zero-order chi connectivity index (χ0) is 18.2. The molecule has 2 aromatic rings. The lowest BCUT2D eigenvalue weighted by Gasteiger charge is -2.16. The standard InChI is InChI=1S/C16H12Cl2N2O4S/c17-10-2-1-3-11(8-10)19-16(22)13-5-4-12(9-14(13)18)20-15(21)6-7-25(20,23)24/h1-5,8-9H,6-7H2,(H,19,22). The van der Waals surface area contributed by atoms with Gasteiger partial charge in [0.1, 0.15) is 0 Å². The molecule has 2 amide bonds. The Morgan fingerprint density at radius 2 is 1.88 bits per heavy atom. The van der Waals surface area contributed by atoms with Gasteiger partial charge in [-0.3, -0.25) is 9.59 Å². The van der Waals surface area contributed by atoms with Crippen molar-refractivity contribution in [1.82, 2.24) is 0 Å². The van der Waals surface area contributed by atoms with Gasteiger partial charge in [-0.05, 0) is 36.4 Å². The van der Waals surface area contributed by atoms with Gasteiger partial charge in [-0.2, -0.15) is 0 Å². The molecule has 0 aliphatic carbocycles. The molecule has 130 valence electrons. The van der Waals surface area contributed by atoms with Crippen molar-refractivity contribution in [3.63, 3.8) is 0 Å². The van der Waals surface area contributed by atoms with E-state index in [1.807, 2.05) is 0 Å². The first-order valence-corrected chi connectivity index (χ1v) is 9.57. The molecule has 1 aliphatic rings. The van der Waals surface area contributed by atoms with Crippen LogP contribution in [0.5, 0.6) is 0 Å². The molecule has 0 radical (unpaired) electrons. The first-order valence-electron chi connectivity index (χ1n) is 7.20. The Hall–Kier alpha value is -2.09.